The maximum Gasteiger partial charge on any atom is 0.0565 e. The minimum atomic E-state index is 0.00347. The third kappa shape index (κ3) is 3.18. The van der Waals surface area contributed by atoms with E-state index >= 15 is 0 Å². The van der Waals surface area contributed by atoms with Crippen molar-refractivity contribution in [3.63, 3.8) is 0 Å². The van der Waals surface area contributed by atoms with E-state index in [9.17, 15) is 5.11 Å². The summed E-state index contributed by atoms with van der Waals surface area (Å²) in [5.41, 5.74) is 4.50. The van der Waals surface area contributed by atoms with E-state index in [0.717, 1.165) is 6.42 Å². The van der Waals surface area contributed by atoms with Gasteiger partial charge in [0.25, 0.3) is 0 Å². The molecule has 10 heavy (non-hydrogen) atoms. The summed E-state index contributed by atoms with van der Waals surface area (Å²) in [5, 5.41) is 9.18. The van der Waals surface area contributed by atoms with Crippen LogP contribution >= 0.6 is 0 Å². The fourth-order valence-corrected chi connectivity index (χ4v) is 1.30. The normalized spacial score (nSPS) is 32.4. The van der Waals surface area contributed by atoms with E-state index in [0.29, 0.717) is 5.92 Å². The highest BCUT2D eigenvalue weighted by Crippen LogP contribution is 2.22. The van der Waals surface area contributed by atoms with Crippen molar-refractivity contribution in [1.29, 1.82) is 0 Å². The van der Waals surface area contributed by atoms with Crippen molar-refractivity contribution in [1.82, 2.24) is 0 Å². The van der Waals surface area contributed by atoms with E-state index in [1.54, 1.807) is 0 Å². The van der Waals surface area contributed by atoms with Crippen LogP contribution in [0.5, 0.6) is 0 Å². The van der Waals surface area contributed by atoms with Crippen LogP contribution in [0.2, 0.25) is 0 Å². The largest absolute Gasteiger partial charge is 0.393 e. The molecule has 0 aliphatic heterocycles. The van der Waals surface area contributed by atoms with Crippen molar-refractivity contribution in [2.45, 2.75) is 38.7 Å². The predicted octanol–water partition coefficient (Wildman–Crippen LogP) is 1.13. The number of rotatable bonds is 0. The number of aliphatic hydroxyl groups excluding tert-OH is 1. The van der Waals surface area contributed by atoms with E-state index in [-0.39, 0.29) is 6.10 Å². The van der Waals surface area contributed by atoms with Crippen LogP contribution in [0, 0.1) is 5.92 Å². The van der Waals surface area contributed by atoms with Gasteiger partial charge in [0, 0.05) is 0 Å². The van der Waals surface area contributed by atoms with Gasteiger partial charge in [0.1, 0.15) is 0 Å². The number of nitrogens with two attached hydrogens (primary N) is 1. The molecule has 1 aliphatic rings. The number of hydrogen-bond donors (Lipinski definition) is 2. The first-order valence-corrected chi connectivity index (χ1v) is 4.06. The molecule has 0 bridgehead atoms. The first-order valence-electron chi connectivity index (χ1n) is 4.06. The highest BCUT2D eigenvalue weighted by molar-refractivity contribution is 4.69. The lowest BCUT2D eigenvalue weighted by Gasteiger charge is -2.23. The van der Waals surface area contributed by atoms with Gasteiger partial charge in [-0.2, -0.15) is 0 Å². The van der Waals surface area contributed by atoms with Crippen LogP contribution in [0.4, 0.5) is 0 Å². The lowest BCUT2D eigenvalue weighted by molar-refractivity contribution is 0.0793. The second-order valence-corrected chi connectivity index (χ2v) is 2.83. The highest BCUT2D eigenvalue weighted by Gasteiger charge is 2.17. The van der Waals surface area contributed by atoms with Crippen LogP contribution in [-0.4, -0.2) is 18.3 Å². The van der Waals surface area contributed by atoms with Gasteiger partial charge in [0.2, 0.25) is 0 Å². The quantitative estimate of drug-likeness (QED) is 0.537. The molecule has 2 heteroatoms. The van der Waals surface area contributed by atoms with Crippen LogP contribution in [-0.2, 0) is 0 Å². The Labute approximate surface area is 63.4 Å². The molecule has 1 unspecified atom stereocenters. The van der Waals surface area contributed by atoms with Crippen LogP contribution in [0.3, 0.4) is 0 Å². The first kappa shape index (κ1) is 9.92. The first-order chi connectivity index (χ1) is 4.80. The molecular weight excluding hydrogens is 126 g/mol. The molecule has 0 radical (unpaired) electrons. The van der Waals surface area contributed by atoms with Crippen LogP contribution in [0.1, 0.15) is 32.6 Å². The van der Waals surface area contributed by atoms with Crippen molar-refractivity contribution < 1.29 is 5.11 Å². The van der Waals surface area contributed by atoms with E-state index in [1.807, 2.05) is 0 Å². The smallest absolute Gasteiger partial charge is 0.0565 e. The summed E-state index contributed by atoms with van der Waals surface area (Å²) in [6.07, 6.45) is 4.80. The van der Waals surface area contributed by atoms with Crippen LogP contribution in [0.25, 0.3) is 0 Å². The zero-order valence-electron chi connectivity index (χ0n) is 7.01. The Bertz CT molecular complexity index is 65.7. The van der Waals surface area contributed by atoms with Gasteiger partial charge in [-0.05, 0) is 25.8 Å². The van der Waals surface area contributed by atoms with Crippen molar-refractivity contribution in [3.05, 3.63) is 0 Å². The maximum atomic E-state index is 9.18. The second-order valence-electron chi connectivity index (χ2n) is 2.83. The third-order valence-corrected chi connectivity index (χ3v) is 2.07. The molecule has 1 aliphatic carbocycles. The summed E-state index contributed by atoms with van der Waals surface area (Å²) in [6.45, 7) is 2.13. The van der Waals surface area contributed by atoms with Gasteiger partial charge in [-0.3, -0.25) is 0 Å². The summed E-state index contributed by atoms with van der Waals surface area (Å²) in [5.74, 6) is 0.559. The van der Waals surface area contributed by atoms with Gasteiger partial charge in [-0.15, -0.1) is 0 Å². The molecule has 1 fully saturated rings. The SMILES string of the molecule is CN.C[C@@H]1CCCCC1O. The molecule has 1 rings (SSSR count). The molecule has 0 aromatic carbocycles. The van der Waals surface area contributed by atoms with E-state index < -0.39 is 0 Å². The number of aliphatic hydroxyl groups is 1. The predicted molar refractivity (Wildman–Crippen MR) is 43.8 cm³/mol. The maximum absolute atomic E-state index is 9.18. The molecule has 0 aromatic heterocycles. The molecule has 2 atom stereocenters. The Morgan fingerprint density at radius 2 is 1.70 bits per heavy atom. The average molecular weight is 145 g/mol. The minimum absolute atomic E-state index is 0.00347. The van der Waals surface area contributed by atoms with Crippen molar-refractivity contribution >= 4 is 0 Å². The standard InChI is InChI=1S/C7H14O.CH5N/c1-6-4-2-3-5-7(6)8;1-2/h6-8H,2-5H2,1H3;2H2,1H3/t6-,7?;/m1./s1. The van der Waals surface area contributed by atoms with Crippen molar-refractivity contribution in [2.24, 2.45) is 11.7 Å². The van der Waals surface area contributed by atoms with Gasteiger partial charge >= 0.3 is 0 Å². The van der Waals surface area contributed by atoms with Gasteiger partial charge in [-0.25, -0.2) is 0 Å². The molecule has 3 N–H and O–H groups in total. The van der Waals surface area contributed by atoms with E-state index in [4.69, 9.17) is 0 Å². The highest BCUT2D eigenvalue weighted by atomic mass is 16.3. The lowest BCUT2D eigenvalue weighted by atomic mass is 9.88. The molecule has 2 nitrogen and oxygen atoms in total. The molecule has 0 heterocycles. The average Bonchev–Trinajstić information content (AvgIpc) is 2.00. The van der Waals surface area contributed by atoms with Gasteiger partial charge in [-0.1, -0.05) is 19.8 Å². The Morgan fingerprint density at radius 3 is 2.00 bits per heavy atom. The Morgan fingerprint density at radius 1 is 1.20 bits per heavy atom. The molecule has 0 aromatic rings. The van der Waals surface area contributed by atoms with Gasteiger partial charge < -0.3 is 10.8 Å². The third-order valence-electron chi connectivity index (χ3n) is 2.07. The van der Waals surface area contributed by atoms with E-state index in [1.165, 1.54) is 26.3 Å². The fourth-order valence-electron chi connectivity index (χ4n) is 1.30. The Balaban J connectivity index is 0.000000371. The topological polar surface area (TPSA) is 46.2 Å². The number of hydrogen-bond acceptors (Lipinski definition) is 2. The van der Waals surface area contributed by atoms with Crippen LogP contribution in [0.15, 0.2) is 0 Å². The molecule has 0 saturated heterocycles. The zero-order chi connectivity index (χ0) is 7.98. The van der Waals surface area contributed by atoms with Crippen molar-refractivity contribution in [3.8, 4) is 0 Å². The van der Waals surface area contributed by atoms with Crippen molar-refractivity contribution in [2.75, 3.05) is 7.05 Å². The monoisotopic (exact) mass is 145 g/mol. The molecule has 0 amide bonds. The molecule has 0 spiro atoms. The molecular formula is C8H19NO. The molecule has 62 valence electrons. The molecule has 1 saturated carbocycles. The second kappa shape index (κ2) is 5.69. The summed E-state index contributed by atoms with van der Waals surface area (Å²) in [4.78, 5) is 0. The lowest BCUT2D eigenvalue weighted by Crippen LogP contribution is -2.21. The minimum Gasteiger partial charge on any atom is -0.393 e. The van der Waals surface area contributed by atoms with Crippen LogP contribution < -0.4 is 5.73 Å². The van der Waals surface area contributed by atoms with E-state index in [2.05, 4.69) is 12.7 Å². The Kier molecular flexibility index (Phi) is 5.64. The van der Waals surface area contributed by atoms with Gasteiger partial charge in [0.05, 0.1) is 6.10 Å². The van der Waals surface area contributed by atoms with Gasteiger partial charge in [0.15, 0.2) is 0 Å². The summed E-state index contributed by atoms with van der Waals surface area (Å²) < 4.78 is 0. The zero-order valence-corrected chi connectivity index (χ0v) is 7.01. The summed E-state index contributed by atoms with van der Waals surface area (Å²) in [6, 6.07) is 0. The summed E-state index contributed by atoms with van der Waals surface area (Å²) in [7, 11) is 1.50. The fraction of sp³-hybridized carbons (Fsp3) is 1.00. The summed E-state index contributed by atoms with van der Waals surface area (Å²) >= 11 is 0. The Hall–Kier alpha value is -0.0800.